The number of ether oxygens (including phenoxy) is 1. The fraction of sp³-hybridized carbons (Fsp3) is 0.304. The molecule has 0 spiro atoms. The number of carboxylic acids is 1. The minimum absolute atomic E-state index is 0.168. The van der Waals surface area contributed by atoms with E-state index in [0.29, 0.717) is 0 Å². The summed E-state index contributed by atoms with van der Waals surface area (Å²) in [5.74, 6) is -3.83. The molecule has 1 aromatic heterocycles. The maximum absolute atomic E-state index is 14.9. The minimum atomic E-state index is -3.10. The lowest BCUT2D eigenvalue weighted by molar-refractivity contribution is 0.0694. The molecule has 8 heteroatoms. The molecule has 164 valence electrons. The molecule has 0 aliphatic rings. The number of hydrogen-bond donors (Lipinski definition) is 2. The molecule has 0 fully saturated rings. The summed E-state index contributed by atoms with van der Waals surface area (Å²) in [6.45, 7) is 2.80. The van der Waals surface area contributed by atoms with E-state index in [1.54, 1.807) is 13.8 Å². The molecule has 3 rings (SSSR count). The first-order chi connectivity index (χ1) is 17.0. The van der Waals surface area contributed by atoms with Gasteiger partial charge in [0.05, 0.1) is 35.7 Å². The number of aromatic nitrogens is 1. The largest absolute Gasteiger partial charge is 0.496 e. The van der Waals surface area contributed by atoms with E-state index in [-0.39, 0.29) is 11.4 Å². The summed E-state index contributed by atoms with van der Waals surface area (Å²) >= 11 is 5.82. The first-order valence-electron chi connectivity index (χ1n) is 12.2. The number of fused-ring (bicyclic) bond motifs is 1. The third-order valence-corrected chi connectivity index (χ3v) is 5.19. The Labute approximate surface area is 191 Å². The lowest BCUT2D eigenvalue weighted by Gasteiger charge is -2.25. The van der Waals surface area contributed by atoms with E-state index in [9.17, 15) is 24.2 Å². The summed E-state index contributed by atoms with van der Waals surface area (Å²) < 4.78 is 69.4. The zero-order valence-corrected chi connectivity index (χ0v) is 17.3. The van der Waals surface area contributed by atoms with Gasteiger partial charge in [-0.05, 0) is 29.2 Å². The maximum atomic E-state index is 14.9. The lowest BCUT2D eigenvalue weighted by Crippen LogP contribution is -2.25. The zero-order valence-electron chi connectivity index (χ0n) is 22.6. The van der Waals surface area contributed by atoms with Crippen LogP contribution in [0, 0.1) is 11.7 Å². The minimum Gasteiger partial charge on any atom is -0.496 e. The second kappa shape index (κ2) is 9.08. The predicted molar refractivity (Wildman–Crippen MR) is 117 cm³/mol. The van der Waals surface area contributed by atoms with Crippen LogP contribution in [-0.2, 0) is 6.37 Å². The molecule has 0 radical (unpaired) electrons. The molecule has 0 saturated carbocycles. The normalized spacial score (nSPS) is 16.1. The predicted octanol–water partition coefficient (Wildman–Crippen LogP) is 4.28. The highest BCUT2D eigenvalue weighted by Crippen LogP contribution is 2.31. The Morgan fingerprint density at radius 1 is 1.39 bits per heavy atom. The van der Waals surface area contributed by atoms with Crippen molar-refractivity contribution in [1.82, 2.24) is 4.57 Å². The van der Waals surface area contributed by atoms with Crippen LogP contribution in [0.15, 0.2) is 41.3 Å². The van der Waals surface area contributed by atoms with E-state index in [2.05, 4.69) is 0 Å². The molecule has 31 heavy (non-hydrogen) atoms. The van der Waals surface area contributed by atoms with Gasteiger partial charge in [-0.3, -0.25) is 4.79 Å². The van der Waals surface area contributed by atoms with Gasteiger partial charge < -0.3 is 19.5 Å². The zero-order chi connectivity index (χ0) is 28.0. The molecular weight excluding hydrogens is 425 g/mol. The number of aliphatic hydroxyl groups is 1. The van der Waals surface area contributed by atoms with Gasteiger partial charge in [-0.25, -0.2) is 9.18 Å². The van der Waals surface area contributed by atoms with Gasteiger partial charge in [0.25, 0.3) is 0 Å². The molecule has 0 aliphatic carbocycles. The summed E-state index contributed by atoms with van der Waals surface area (Å²) in [5.41, 5.74) is -3.41. The number of carbonyl (C=O) groups is 1. The number of halogens is 2. The van der Waals surface area contributed by atoms with Crippen molar-refractivity contribution in [2.75, 3.05) is 13.6 Å². The average Bonchev–Trinajstić information content (AvgIpc) is 2.76. The highest BCUT2D eigenvalue weighted by molar-refractivity contribution is 6.30. The van der Waals surface area contributed by atoms with E-state index in [4.69, 9.17) is 24.6 Å². The Hall–Kier alpha value is -2.90. The molecule has 3 aromatic rings. The van der Waals surface area contributed by atoms with Crippen LogP contribution in [0.25, 0.3) is 10.9 Å². The summed E-state index contributed by atoms with van der Waals surface area (Å²) in [5, 5.41) is 18.9. The number of nitrogens with zero attached hydrogens (tertiary/aromatic N) is 1. The van der Waals surface area contributed by atoms with Crippen molar-refractivity contribution >= 4 is 28.5 Å². The lowest BCUT2D eigenvalue weighted by atomic mass is 9.98. The number of aliphatic hydroxyl groups excluding tert-OH is 1. The molecule has 2 aromatic carbocycles. The van der Waals surface area contributed by atoms with Crippen LogP contribution in [0.2, 0.25) is 5.02 Å². The molecule has 6 nitrogen and oxygen atoms in total. The molecule has 0 saturated heterocycles. The number of methoxy groups -OCH3 is 1. The van der Waals surface area contributed by atoms with Crippen LogP contribution in [0.1, 0.15) is 49.6 Å². The van der Waals surface area contributed by atoms with Gasteiger partial charge in [-0.1, -0.05) is 37.6 Å². The highest BCUT2D eigenvalue weighted by Gasteiger charge is 2.23. The van der Waals surface area contributed by atoms with Gasteiger partial charge in [-0.2, -0.15) is 0 Å². The summed E-state index contributed by atoms with van der Waals surface area (Å²) in [6.07, 6.45) is -3.55. The van der Waals surface area contributed by atoms with Crippen molar-refractivity contribution < 1.29 is 32.4 Å². The van der Waals surface area contributed by atoms with Crippen molar-refractivity contribution in [3.63, 3.8) is 0 Å². The highest BCUT2D eigenvalue weighted by atomic mass is 35.5. The Kier molecular flexibility index (Phi) is 4.64. The first kappa shape index (κ1) is 15.8. The smallest absolute Gasteiger partial charge is 0.341 e. The van der Waals surface area contributed by atoms with Crippen LogP contribution >= 0.6 is 11.6 Å². The molecule has 2 N–H and O–H groups in total. The van der Waals surface area contributed by atoms with Crippen molar-refractivity contribution in [3.8, 4) is 5.75 Å². The fourth-order valence-electron chi connectivity index (χ4n) is 3.24. The summed E-state index contributed by atoms with van der Waals surface area (Å²) in [7, 11) is -3.10. The van der Waals surface area contributed by atoms with Gasteiger partial charge in [0.1, 0.15) is 17.1 Å². The number of hydrogen-bond acceptors (Lipinski definition) is 4. The van der Waals surface area contributed by atoms with Gasteiger partial charge in [-0.15, -0.1) is 0 Å². The number of benzene rings is 2. The second-order valence-electron chi connectivity index (χ2n) is 7.18. The third kappa shape index (κ3) is 4.29. The quantitative estimate of drug-likeness (QED) is 0.557. The molecule has 0 amide bonds. The molecule has 1 heterocycles. The topological polar surface area (TPSA) is 88.8 Å². The van der Waals surface area contributed by atoms with Crippen LogP contribution in [0.5, 0.6) is 5.75 Å². The first-order valence-corrected chi connectivity index (χ1v) is 9.61. The van der Waals surface area contributed by atoms with Crippen LogP contribution in [0.4, 0.5) is 4.39 Å². The van der Waals surface area contributed by atoms with Crippen LogP contribution < -0.4 is 10.2 Å². The van der Waals surface area contributed by atoms with Gasteiger partial charge in [0, 0.05) is 26.7 Å². The Bertz CT molecular complexity index is 1440. The van der Waals surface area contributed by atoms with Crippen LogP contribution in [-0.4, -0.2) is 34.4 Å². The number of aromatic carboxylic acids is 1. The average molecular weight is 454 g/mol. The summed E-state index contributed by atoms with van der Waals surface area (Å²) in [4.78, 5) is 25.1. The molecule has 0 bridgehead atoms. The van der Waals surface area contributed by atoms with Crippen molar-refractivity contribution in [2.24, 2.45) is 5.92 Å². The second-order valence-corrected chi connectivity index (χ2v) is 7.59. The Morgan fingerprint density at radius 2 is 2.13 bits per heavy atom. The number of rotatable bonds is 7. The van der Waals surface area contributed by atoms with Crippen molar-refractivity contribution in [2.45, 2.75) is 26.3 Å². The summed E-state index contributed by atoms with van der Waals surface area (Å²) in [6, 6.07) is 4.50. The van der Waals surface area contributed by atoms with Crippen molar-refractivity contribution in [3.05, 3.63) is 74.3 Å². The standard InChI is InChI=1S/C23H23ClFNO5/c1-12(2)19(11-27)26-10-16(23(29)30)22(28)15-8-14(20(31-3)9-18(15)26)7-13-5-4-6-17(24)21(13)25/h4-6,8-10,12,19,27H,7,11H2,1-3H3,(H,29,30)/t19-/m1/s1/i3D3,7D2,10D. The van der Waals surface area contributed by atoms with E-state index in [0.717, 1.165) is 22.8 Å². The van der Waals surface area contributed by atoms with E-state index in [1.165, 1.54) is 12.1 Å². The Morgan fingerprint density at radius 3 is 2.74 bits per heavy atom. The fourth-order valence-corrected chi connectivity index (χ4v) is 3.42. The number of carboxylic acid groups (broad SMARTS) is 1. The monoisotopic (exact) mass is 453 g/mol. The van der Waals surface area contributed by atoms with Gasteiger partial charge >= 0.3 is 5.97 Å². The molecule has 1 atom stereocenters. The van der Waals surface area contributed by atoms with E-state index in [1.807, 2.05) is 0 Å². The third-order valence-electron chi connectivity index (χ3n) is 4.89. The van der Waals surface area contributed by atoms with Gasteiger partial charge in [0.15, 0.2) is 0 Å². The van der Waals surface area contributed by atoms with Crippen molar-refractivity contribution in [1.29, 1.82) is 0 Å². The number of pyridine rings is 1. The molecule has 0 unspecified atom stereocenters. The van der Waals surface area contributed by atoms with E-state index < -0.39 is 82.3 Å². The molecule has 0 aliphatic heterocycles. The molecular formula is C23H23ClFNO5. The van der Waals surface area contributed by atoms with Crippen LogP contribution in [0.3, 0.4) is 0 Å². The van der Waals surface area contributed by atoms with E-state index >= 15 is 0 Å². The Balaban J connectivity index is 2.57. The maximum Gasteiger partial charge on any atom is 0.341 e. The van der Waals surface area contributed by atoms with Gasteiger partial charge in [0.2, 0.25) is 5.43 Å². The SMILES string of the molecule is [2H]c1c(C(=O)O)c(=O)c2cc(C([2H])([2H])c3cccc(Cl)c3F)c(OC([2H])([2H])[2H])cc2n1[C@H](CO)C(C)C.